The second-order valence-corrected chi connectivity index (χ2v) is 5.79. The molecule has 4 heteroatoms. The van der Waals surface area contributed by atoms with Gasteiger partial charge in [-0.3, -0.25) is 4.79 Å². The van der Waals surface area contributed by atoms with Crippen molar-refractivity contribution in [1.82, 2.24) is 5.32 Å². The first kappa shape index (κ1) is 14.4. The molecule has 1 amide bonds. The monoisotopic (exact) mass is 281 g/mol. The number of amides is 1. The van der Waals surface area contributed by atoms with Crippen molar-refractivity contribution in [2.24, 2.45) is 0 Å². The van der Waals surface area contributed by atoms with Crippen molar-refractivity contribution in [1.29, 1.82) is 0 Å². The first-order chi connectivity index (χ1) is 9.13. The Labute approximate surface area is 119 Å². The van der Waals surface area contributed by atoms with Crippen LogP contribution in [-0.2, 0) is 11.2 Å². The molecule has 0 bridgehead atoms. The number of hydrogen-bond acceptors (Lipinski definition) is 2. The van der Waals surface area contributed by atoms with Gasteiger partial charge in [0.2, 0.25) is 5.91 Å². The zero-order valence-electron chi connectivity index (χ0n) is 11.0. The van der Waals surface area contributed by atoms with E-state index < -0.39 is 5.54 Å². The van der Waals surface area contributed by atoms with Crippen LogP contribution in [0.25, 0.3) is 0 Å². The lowest BCUT2D eigenvalue weighted by atomic mass is 9.82. The molecule has 3 nitrogen and oxygen atoms in total. The maximum Gasteiger partial charge on any atom is 0.224 e. The van der Waals surface area contributed by atoms with Gasteiger partial charge in [0.15, 0.2) is 0 Å². The molecule has 1 aromatic carbocycles. The average molecular weight is 282 g/mol. The average Bonchev–Trinajstić information content (AvgIpc) is 2.39. The minimum absolute atomic E-state index is 0.0221. The number of halogens is 1. The Hall–Kier alpha value is -1.06. The topological polar surface area (TPSA) is 49.3 Å². The number of aliphatic hydroxyl groups excluding tert-OH is 1. The Balaban J connectivity index is 1.96. The molecular weight excluding hydrogens is 262 g/mol. The molecule has 2 N–H and O–H groups in total. The van der Waals surface area contributed by atoms with Crippen molar-refractivity contribution < 1.29 is 9.90 Å². The van der Waals surface area contributed by atoms with Crippen LogP contribution >= 0.6 is 11.6 Å². The SMILES string of the molecule is O=C(Cc1cccc(Cl)c1)NC1(CO)CCCCC1. The number of rotatable bonds is 4. The summed E-state index contributed by atoms with van der Waals surface area (Å²) in [5.74, 6) is -0.0433. The lowest BCUT2D eigenvalue weighted by Crippen LogP contribution is -2.52. The van der Waals surface area contributed by atoms with E-state index in [-0.39, 0.29) is 12.5 Å². The van der Waals surface area contributed by atoms with Crippen molar-refractivity contribution >= 4 is 17.5 Å². The van der Waals surface area contributed by atoms with E-state index in [9.17, 15) is 9.90 Å². The Morgan fingerprint density at radius 3 is 2.68 bits per heavy atom. The van der Waals surface area contributed by atoms with Crippen LogP contribution in [-0.4, -0.2) is 23.2 Å². The van der Waals surface area contributed by atoms with Crippen molar-refractivity contribution in [2.75, 3.05) is 6.61 Å². The van der Waals surface area contributed by atoms with Gasteiger partial charge in [0.05, 0.1) is 18.6 Å². The van der Waals surface area contributed by atoms with Gasteiger partial charge in [0.25, 0.3) is 0 Å². The van der Waals surface area contributed by atoms with E-state index in [0.717, 1.165) is 31.2 Å². The molecule has 0 heterocycles. The Bertz CT molecular complexity index is 442. The summed E-state index contributed by atoms with van der Waals surface area (Å²) in [7, 11) is 0. The van der Waals surface area contributed by atoms with Gasteiger partial charge in [-0.25, -0.2) is 0 Å². The highest BCUT2D eigenvalue weighted by Crippen LogP contribution is 2.27. The summed E-state index contributed by atoms with van der Waals surface area (Å²) >= 11 is 5.90. The first-order valence-electron chi connectivity index (χ1n) is 6.80. The third-order valence-electron chi connectivity index (χ3n) is 3.77. The zero-order valence-corrected chi connectivity index (χ0v) is 11.7. The fourth-order valence-electron chi connectivity index (χ4n) is 2.72. The van der Waals surface area contributed by atoms with E-state index in [1.807, 2.05) is 12.1 Å². The van der Waals surface area contributed by atoms with Gasteiger partial charge in [0, 0.05) is 5.02 Å². The number of nitrogens with one attached hydrogen (secondary N) is 1. The third kappa shape index (κ3) is 3.95. The molecular formula is C15H20ClNO2. The first-order valence-corrected chi connectivity index (χ1v) is 7.18. The predicted octanol–water partition coefficient (Wildman–Crippen LogP) is 2.69. The lowest BCUT2D eigenvalue weighted by Gasteiger charge is -2.36. The molecule has 1 aromatic rings. The van der Waals surface area contributed by atoms with Crippen molar-refractivity contribution in [2.45, 2.75) is 44.1 Å². The molecule has 1 fully saturated rings. The van der Waals surface area contributed by atoms with E-state index in [1.54, 1.807) is 12.1 Å². The summed E-state index contributed by atoms with van der Waals surface area (Å²) in [6, 6.07) is 7.32. The van der Waals surface area contributed by atoms with Gasteiger partial charge in [-0.05, 0) is 30.5 Å². The minimum atomic E-state index is -0.409. The van der Waals surface area contributed by atoms with Crippen LogP contribution in [0.4, 0.5) is 0 Å². The number of aliphatic hydroxyl groups is 1. The summed E-state index contributed by atoms with van der Waals surface area (Å²) < 4.78 is 0. The second kappa shape index (κ2) is 6.40. The van der Waals surface area contributed by atoms with Crippen LogP contribution in [0.2, 0.25) is 5.02 Å². The highest BCUT2D eigenvalue weighted by Gasteiger charge is 2.32. The Morgan fingerprint density at radius 2 is 2.05 bits per heavy atom. The second-order valence-electron chi connectivity index (χ2n) is 5.35. The van der Waals surface area contributed by atoms with Crippen LogP contribution in [0.15, 0.2) is 24.3 Å². The molecule has 1 aliphatic rings. The summed E-state index contributed by atoms with van der Waals surface area (Å²) in [6.07, 6.45) is 5.36. The number of hydrogen-bond donors (Lipinski definition) is 2. The maximum absolute atomic E-state index is 12.1. The van der Waals surface area contributed by atoms with E-state index >= 15 is 0 Å². The molecule has 2 rings (SSSR count). The van der Waals surface area contributed by atoms with Crippen molar-refractivity contribution in [3.63, 3.8) is 0 Å². The van der Waals surface area contributed by atoms with Crippen molar-refractivity contribution in [3.05, 3.63) is 34.9 Å². The molecule has 19 heavy (non-hydrogen) atoms. The minimum Gasteiger partial charge on any atom is -0.394 e. The number of benzene rings is 1. The molecule has 0 aliphatic heterocycles. The van der Waals surface area contributed by atoms with Gasteiger partial charge in [-0.15, -0.1) is 0 Å². The normalized spacial score (nSPS) is 18.0. The molecule has 0 radical (unpaired) electrons. The van der Waals surface area contributed by atoms with Gasteiger partial charge in [-0.1, -0.05) is 43.0 Å². The van der Waals surface area contributed by atoms with Gasteiger partial charge >= 0.3 is 0 Å². The molecule has 0 aromatic heterocycles. The largest absolute Gasteiger partial charge is 0.394 e. The summed E-state index contributed by atoms with van der Waals surface area (Å²) in [6.45, 7) is 0.0221. The number of carbonyl (C=O) groups is 1. The van der Waals surface area contributed by atoms with E-state index in [0.29, 0.717) is 11.4 Å². The fraction of sp³-hybridized carbons (Fsp3) is 0.533. The molecule has 0 atom stereocenters. The standard InChI is InChI=1S/C15H20ClNO2/c16-13-6-4-5-12(9-13)10-14(19)17-15(11-18)7-2-1-3-8-15/h4-6,9,18H,1-3,7-8,10-11H2,(H,17,19). The summed E-state index contributed by atoms with van der Waals surface area (Å²) in [4.78, 5) is 12.1. The van der Waals surface area contributed by atoms with Gasteiger partial charge in [0.1, 0.15) is 0 Å². The molecule has 1 aliphatic carbocycles. The molecule has 1 saturated carbocycles. The smallest absolute Gasteiger partial charge is 0.224 e. The van der Waals surface area contributed by atoms with Crippen LogP contribution in [0.5, 0.6) is 0 Å². The predicted molar refractivity (Wildman–Crippen MR) is 76.2 cm³/mol. The fourth-order valence-corrected chi connectivity index (χ4v) is 2.94. The zero-order chi connectivity index (χ0) is 13.7. The molecule has 0 unspecified atom stereocenters. The quantitative estimate of drug-likeness (QED) is 0.891. The van der Waals surface area contributed by atoms with E-state index in [1.165, 1.54) is 6.42 Å². The third-order valence-corrected chi connectivity index (χ3v) is 4.01. The van der Waals surface area contributed by atoms with Gasteiger partial charge in [-0.2, -0.15) is 0 Å². The summed E-state index contributed by atoms with van der Waals surface area (Å²) in [5, 5.41) is 13.2. The highest BCUT2D eigenvalue weighted by atomic mass is 35.5. The van der Waals surface area contributed by atoms with Crippen LogP contribution in [0, 0.1) is 0 Å². The van der Waals surface area contributed by atoms with E-state index in [4.69, 9.17) is 11.6 Å². The van der Waals surface area contributed by atoms with Gasteiger partial charge < -0.3 is 10.4 Å². The molecule has 0 spiro atoms. The van der Waals surface area contributed by atoms with Crippen LogP contribution in [0.1, 0.15) is 37.7 Å². The molecule has 104 valence electrons. The lowest BCUT2D eigenvalue weighted by molar-refractivity contribution is -0.123. The van der Waals surface area contributed by atoms with E-state index in [2.05, 4.69) is 5.32 Å². The van der Waals surface area contributed by atoms with Crippen molar-refractivity contribution in [3.8, 4) is 0 Å². The molecule has 0 saturated heterocycles. The highest BCUT2D eigenvalue weighted by molar-refractivity contribution is 6.30. The maximum atomic E-state index is 12.1. The Kier molecular flexibility index (Phi) is 4.83. The Morgan fingerprint density at radius 1 is 1.32 bits per heavy atom. The van der Waals surface area contributed by atoms with Crippen LogP contribution < -0.4 is 5.32 Å². The van der Waals surface area contributed by atoms with Crippen LogP contribution in [0.3, 0.4) is 0 Å². The summed E-state index contributed by atoms with van der Waals surface area (Å²) in [5.41, 5.74) is 0.488. The number of carbonyl (C=O) groups excluding carboxylic acids is 1.